The van der Waals surface area contributed by atoms with E-state index in [2.05, 4.69) is 5.32 Å². The van der Waals surface area contributed by atoms with Gasteiger partial charge in [0.2, 0.25) is 5.91 Å². The maximum atomic E-state index is 13.3. The Labute approximate surface area is 110 Å². The van der Waals surface area contributed by atoms with Crippen LogP contribution in [0.25, 0.3) is 0 Å². The van der Waals surface area contributed by atoms with Crippen LogP contribution < -0.4 is 15.8 Å². The third-order valence-corrected chi connectivity index (χ3v) is 2.86. The van der Waals surface area contributed by atoms with E-state index >= 15 is 0 Å². The summed E-state index contributed by atoms with van der Waals surface area (Å²) in [4.78, 5) is 11.3. The summed E-state index contributed by atoms with van der Waals surface area (Å²) in [6, 6.07) is 2.96. The smallest absolute Gasteiger partial charge is 0.237 e. The fourth-order valence-corrected chi connectivity index (χ4v) is 1.64. The van der Waals surface area contributed by atoms with Gasteiger partial charge >= 0.3 is 0 Å². The highest BCUT2D eigenvalue weighted by atomic mass is 19.1. The van der Waals surface area contributed by atoms with Crippen molar-refractivity contribution >= 4 is 5.91 Å². The van der Waals surface area contributed by atoms with E-state index in [4.69, 9.17) is 10.5 Å². The van der Waals surface area contributed by atoms with Crippen molar-refractivity contribution in [3.05, 3.63) is 29.8 Å². The van der Waals surface area contributed by atoms with Crippen molar-refractivity contribution in [3.8, 4) is 5.75 Å². The second-order valence-electron chi connectivity index (χ2n) is 4.40. The van der Waals surface area contributed by atoms with Crippen molar-refractivity contribution in [1.29, 1.82) is 0 Å². The van der Waals surface area contributed by atoms with Gasteiger partial charge in [0.1, 0.15) is 5.82 Å². The Balaban J connectivity index is 2.62. The van der Waals surface area contributed by atoms with Gasteiger partial charge in [0.15, 0.2) is 11.6 Å². The summed E-state index contributed by atoms with van der Waals surface area (Å²) in [6.45, 7) is 4.10. The number of hydrogen-bond acceptors (Lipinski definition) is 3. The van der Waals surface area contributed by atoms with Gasteiger partial charge in [-0.25, -0.2) is 8.78 Å². The molecule has 19 heavy (non-hydrogen) atoms. The number of carbonyl (C=O) groups excluding carboxylic acids is 1. The summed E-state index contributed by atoms with van der Waals surface area (Å²) in [6.07, 6.45) is 0.256. The summed E-state index contributed by atoms with van der Waals surface area (Å²) >= 11 is 0. The number of carbonyl (C=O) groups is 1. The van der Waals surface area contributed by atoms with E-state index in [9.17, 15) is 13.6 Å². The summed E-state index contributed by atoms with van der Waals surface area (Å²) in [7, 11) is 0. The minimum absolute atomic E-state index is 0.0484. The predicted octanol–water partition coefficient (Wildman–Crippen LogP) is 1.59. The summed E-state index contributed by atoms with van der Waals surface area (Å²) in [5, 5.41) is 2.95. The van der Waals surface area contributed by atoms with Crippen LogP contribution in [0.1, 0.15) is 20.3 Å². The number of primary amides is 1. The van der Waals surface area contributed by atoms with Crippen molar-refractivity contribution in [2.45, 2.75) is 25.8 Å². The SMILES string of the molecule is CCNC(C)(CCOc1cc(F)ccc1F)C(N)=O. The van der Waals surface area contributed by atoms with Crippen LogP contribution in [-0.2, 0) is 4.79 Å². The van der Waals surface area contributed by atoms with Gasteiger partial charge in [-0.05, 0) is 25.6 Å². The highest BCUT2D eigenvalue weighted by Gasteiger charge is 2.29. The molecule has 0 aliphatic carbocycles. The lowest BCUT2D eigenvalue weighted by Gasteiger charge is -2.26. The second kappa shape index (κ2) is 6.47. The van der Waals surface area contributed by atoms with Crippen LogP contribution in [0, 0.1) is 11.6 Å². The number of nitrogens with two attached hydrogens (primary N) is 1. The largest absolute Gasteiger partial charge is 0.490 e. The molecule has 4 nitrogen and oxygen atoms in total. The molecule has 0 heterocycles. The number of nitrogens with one attached hydrogen (secondary N) is 1. The van der Waals surface area contributed by atoms with E-state index in [1.165, 1.54) is 0 Å². The fourth-order valence-electron chi connectivity index (χ4n) is 1.64. The van der Waals surface area contributed by atoms with Crippen molar-refractivity contribution in [3.63, 3.8) is 0 Å². The lowest BCUT2D eigenvalue weighted by atomic mass is 9.97. The van der Waals surface area contributed by atoms with E-state index in [-0.39, 0.29) is 18.8 Å². The maximum absolute atomic E-state index is 13.3. The molecule has 0 aromatic heterocycles. The maximum Gasteiger partial charge on any atom is 0.237 e. The molecule has 0 radical (unpaired) electrons. The lowest BCUT2D eigenvalue weighted by Crippen LogP contribution is -2.53. The number of hydrogen-bond donors (Lipinski definition) is 2. The van der Waals surface area contributed by atoms with Gasteiger partial charge in [0.25, 0.3) is 0 Å². The Hall–Kier alpha value is -1.69. The molecule has 1 rings (SSSR count). The van der Waals surface area contributed by atoms with E-state index in [0.717, 1.165) is 18.2 Å². The van der Waals surface area contributed by atoms with Crippen LogP contribution in [0.5, 0.6) is 5.75 Å². The molecule has 6 heteroatoms. The van der Waals surface area contributed by atoms with Crippen LogP contribution in [0.3, 0.4) is 0 Å². The first-order valence-corrected chi connectivity index (χ1v) is 6.02. The number of rotatable bonds is 7. The number of amides is 1. The van der Waals surface area contributed by atoms with Gasteiger partial charge in [-0.15, -0.1) is 0 Å². The molecule has 1 atom stereocenters. The molecule has 0 fully saturated rings. The minimum Gasteiger partial charge on any atom is -0.490 e. The van der Waals surface area contributed by atoms with Crippen molar-refractivity contribution in [2.75, 3.05) is 13.2 Å². The Kier molecular flexibility index (Phi) is 5.23. The van der Waals surface area contributed by atoms with Crippen LogP contribution in [0.2, 0.25) is 0 Å². The van der Waals surface area contributed by atoms with Crippen LogP contribution in [0.4, 0.5) is 8.78 Å². The van der Waals surface area contributed by atoms with Crippen LogP contribution in [0.15, 0.2) is 18.2 Å². The van der Waals surface area contributed by atoms with Gasteiger partial charge in [-0.3, -0.25) is 4.79 Å². The number of likely N-dealkylation sites (N-methyl/N-ethyl adjacent to an activating group) is 1. The van der Waals surface area contributed by atoms with Crippen molar-refractivity contribution in [2.24, 2.45) is 5.73 Å². The van der Waals surface area contributed by atoms with Gasteiger partial charge in [-0.1, -0.05) is 6.92 Å². The zero-order valence-electron chi connectivity index (χ0n) is 11.0. The molecule has 0 bridgehead atoms. The molecule has 106 valence electrons. The highest BCUT2D eigenvalue weighted by molar-refractivity contribution is 5.84. The molecule has 1 amide bonds. The zero-order valence-corrected chi connectivity index (χ0v) is 11.0. The monoisotopic (exact) mass is 272 g/mol. The van der Waals surface area contributed by atoms with Crippen LogP contribution in [-0.4, -0.2) is 24.6 Å². The molecule has 0 aliphatic heterocycles. The Morgan fingerprint density at radius 1 is 1.47 bits per heavy atom. The zero-order chi connectivity index (χ0) is 14.5. The van der Waals surface area contributed by atoms with Gasteiger partial charge in [0.05, 0.1) is 12.1 Å². The Bertz CT molecular complexity index is 454. The van der Waals surface area contributed by atoms with Gasteiger partial charge < -0.3 is 15.8 Å². The van der Waals surface area contributed by atoms with Crippen molar-refractivity contribution < 1.29 is 18.3 Å². The van der Waals surface area contributed by atoms with Gasteiger partial charge in [-0.2, -0.15) is 0 Å². The topological polar surface area (TPSA) is 64.3 Å². The second-order valence-corrected chi connectivity index (χ2v) is 4.40. The normalized spacial score (nSPS) is 13.9. The highest BCUT2D eigenvalue weighted by Crippen LogP contribution is 2.19. The predicted molar refractivity (Wildman–Crippen MR) is 67.7 cm³/mol. The average Bonchev–Trinajstić information content (AvgIpc) is 2.33. The molecule has 0 saturated heterocycles. The van der Waals surface area contributed by atoms with Crippen LogP contribution >= 0.6 is 0 Å². The summed E-state index contributed by atoms with van der Waals surface area (Å²) in [5.41, 5.74) is 4.37. The molecule has 0 aliphatic rings. The van der Waals surface area contributed by atoms with E-state index in [1.54, 1.807) is 6.92 Å². The molecule has 0 spiro atoms. The quantitative estimate of drug-likeness (QED) is 0.792. The number of ether oxygens (including phenoxy) is 1. The number of halogens is 2. The summed E-state index contributed by atoms with van der Waals surface area (Å²) in [5.74, 6) is -1.92. The molecular weight excluding hydrogens is 254 g/mol. The molecule has 3 N–H and O–H groups in total. The third kappa shape index (κ3) is 4.17. The van der Waals surface area contributed by atoms with Gasteiger partial charge in [0, 0.05) is 12.5 Å². The first-order valence-electron chi connectivity index (χ1n) is 6.02. The first-order chi connectivity index (χ1) is 8.89. The van der Waals surface area contributed by atoms with E-state index in [1.807, 2.05) is 6.92 Å². The molecule has 0 saturated carbocycles. The Morgan fingerprint density at radius 3 is 2.74 bits per heavy atom. The standard InChI is InChI=1S/C13H18F2N2O2/c1-3-17-13(2,12(16)18)6-7-19-11-8-9(14)4-5-10(11)15/h4-5,8,17H,3,6-7H2,1-2H3,(H2,16,18). The Morgan fingerprint density at radius 2 is 2.16 bits per heavy atom. The molecule has 1 aromatic rings. The molecule has 1 aromatic carbocycles. The third-order valence-electron chi connectivity index (χ3n) is 2.86. The summed E-state index contributed by atoms with van der Waals surface area (Å²) < 4.78 is 31.4. The average molecular weight is 272 g/mol. The first kappa shape index (κ1) is 15.4. The van der Waals surface area contributed by atoms with E-state index < -0.39 is 23.1 Å². The lowest BCUT2D eigenvalue weighted by molar-refractivity contribution is -0.124. The molecular formula is C13H18F2N2O2. The number of benzene rings is 1. The van der Waals surface area contributed by atoms with Crippen molar-refractivity contribution in [1.82, 2.24) is 5.32 Å². The molecule has 1 unspecified atom stereocenters. The minimum atomic E-state index is -0.932. The fraction of sp³-hybridized carbons (Fsp3) is 0.462. The van der Waals surface area contributed by atoms with E-state index in [0.29, 0.717) is 6.54 Å².